The maximum Gasteiger partial charge on any atom is 0.335 e. The molecule has 0 amide bonds. The van der Waals surface area contributed by atoms with Crippen LogP contribution in [0, 0.1) is 0 Å². The van der Waals surface area contributed by atoms with Crippen molar-refractivity contribution in [2.24, 2.45) is 0 Å². The van der Waals surface area contributed by atoms with Gasteiger partial charge in [-0.2, -0.15) is 0 Å². The van der Waals surface area contributed by atoms with Gasteiger partial charge in [-0.05, 0) is 48.0 Å². The average Bonchev–Trinajstić information content (AvgIpc) is 2.73. The highest BCUT2D eigenvalue weighted by Crippen LogP contribution is 2.16. The molecule has 0 aliphatic heterocycles. The molecule has 0 aliphatic carbocycles. The monoisotopic (exact) mass is 368 g/mol. The van der Waals surface area contributed by atoms with E-state index in [1.165, 1.54) is 16.7 Å². The number of carboxylic acid groups (broad SMARTS) is 1. The van der Waals surface area contributed by atoms with Crippen LogP contribution in [0.1, 0.15) is 21.7 Å². The molecule has 0 spiro atoms. The van der Waals surface area contributed by atoms with E-state index in [2.05, 4.69) is 4.98 Å². The zero-order chi connectivity index (χ0) is 19.5. The lowest BCUT2D eigenvalue weighted by atomic mass is 10.2. The number of nitrogens with zero attached hydrogens (tertiary/aromatic N) is 2. The number of aromatic nitrogens is 2. The van der Waals surface area contributed by atoms with Gasteiger partial charge < -0.3 is 5.11 Å². The SMILES string of the molecule is O=C(O)c1ccc(-n2c(/C=C/c3ccccc3)nc3ccccc3c2=O)cc1. The molecule has 0 unspecified atom stereocenters. The van der Waals surface area contributed by atoms with E-state index in [-0.39, 0.29) is 11.1 Å². The number of hydrogen-bond acceptors (Lipinski definition) is 3. The summed E-state index contributed by atoms with van der Waals surface area (Å²) in [5.41, 5.74) is 2.10. The Labute approximate surface area is 160 Å². The number of hydrogen-bond donors (Lipinski definition) is 1. The lowest BCUT2D eigenvalue weighted by Gasteiger charge is -2.11. The third-order valence-corrected chi connectivity index (χ3v) is 4.40. The Kier molecular flexibility index (Phi) is 4.56. The minimum Gasteiger partial charge on any atom is -0.478 e. The van der Waals surface area contributed by atoms with E-state index in [1.54, 1.807) is 36.4 Å². The molecular weight excluding hydrogens is 352 g/mol. The van der Waals surface area contributed by atoms with Gasteiger partial charge in [0, 0.05) is 0 Å². The lowest BCUT2D eigenvalue weighted by molar-refractivity contribution is 0.0697. The first-order valence-electron chi connectivity index (χ1n) is 8.72. The van der Waals surface area contributed by atoms with E-state index in [4.69, 9.17) is 5.11 Å². The standard InChI is InChI=1S/C23H16N2O3/c26-22-19-8-4-5-9-20(19)24-21(15-10-16-6-2-1-3-7-16)25(22)18-13-11-17(12-14-18)23(27)28/h1-15H,(H,27,28)/b15-10+. The van der Waals surface area contributed by atoms with Crippen LogP contribution in [0.15, 0.2) is 83.7 Å². The quantitative estimate of drug-likeness (QED) is 0.584. The van der Waals surface area contributed by atoms with E-state index in [0.717, 1.165) is 5.56 Å². The fourth-order valence-electron chi connectivity index (χ4n) is 3.00. The van der Waals surface area contributed by atoms with Gasteiger partial charge in [-0.3, -0.25) is 9.36 Å². The van der Waals surface area contributed by atoms with Crippen molar-refractivity contribution >= 4 is 29.0 Å². The number of aromatic carboxylic acids is 1. The number of para-hydroxylation sites is 1. The largest absolute Gasteiger partial charge is 0.478 e. The van der Waals surface area contributed by atoms with Gasteiger partial charge in [0.1, 0.15) is 5.82 Å². The van der Waals surface area contributed by atoms with Gasteiger partial charge in [0.05, 0.1) is 22.2 Å². The third-order valence-electron chi connectivity index (χ3n) is 4.40. The number of benzene rings is 3. The molecule has 0 radical (unpaired) electrons. The van der Waals surface area contributed by atoms with Crippen molar-refractivity contribution in [1.29, 1.82) is 0 Å². The molecule has 5 nitrogen and oxygen atoms in total. The molecule has 4 rings (SSSR count). The summed E-state index contributed by atoms with van der Waals surface area (Å²) >= 11 is 0. The van der Waals surface area contributed by atoms with Crippen LogP contribution in [-0.2, 0) is 0 Å². The normalized spacial score (nSPS) is 11.1. The molecular formula is C23H16N2O3. The average molecular weight is 368 g/mol. The minimum atomic E-state index is -1.01. The highest BCUT2D eigenvalue weighted by molar-refractivity contribution is 5.88. The van der Waals surface area contributed by atoms with Gasteiger partial charge >= 0.3 is 5.97 Å². The first-order chi connectivity index (χ1) is 13.6. The van der Waals surface area contributed by atoms with E-state index in [9.17, 15) is 9.59 Å². The summed E-state index contributed by atoms with van der Waals surface area (Å²) < 4.78 is 1.49. The first kappa shape index (κ1) is 17.4. The second-order valence-corrected chi connectivity index (χ2v) is 6.22. The molecule has 0 bridgehead atoms. The van der Waals surface area contributed by atoms with Crippen molar-refractivity contribution in [2.45, 2.75) is 0 Å². The number of fused-ring (bicyclic) bond motifs is 1. The van der Waals surface area contributed by atoms with Crippen LogP contribution >= 0.6 is 0 Å². The summed E-state index contributed by atoms with van der Waals surface area (Å²) in [4.78, 5) is 28.9. The maximum atomic E-state index is 13.2. The van der Waals surface area contributed by atoms with Gasteiger partial charge in [-0.25, -0.2) is 9.78 Å². The van der Waals surface area contributed by atoms with Crippen LogP contribution in [0.25, 0.3) is 28.7 Å². The van der Waals surface area contributed by atoms with Crippen LogP contribution in [0.3, 0.4) is 0 Å². The van der Waals surface area contributed by atoms with Crippen LogP contribution in [0.4, 0.5) is 0 Å². The maximum absolute atomic E-state index is 13.2. The van der Waals surface area contributed by atoms with E-state index in [1.807, 2.05) is 42.5 Å². The van der Waals surface area contributed by atoms with Gasteiger partial charge in [0.25, 0.3) is 5.56 Å². The third kappa shape index (κ3) is 3.33. The molecule has 0 saturated carbocycles. The summed E-state index contributed by atoms with van der Waals surface area (Å²) in [6, 6.07) is 23.1. The number of rotatable bonds is 4. The van der Waals surface area contributed by atoms with Gasteiger partial charge in [0.2, 0.25) is 0 Å². The second-order valence-electron chi connectivity index (χ2n) is 6.22. The summed E-state index contributed by atoms with van der Waals surface area (Å²) in [7, 11) is 0. The fourth-order valence-corrected chi connectivity index (χ4v) is 3.00. The van der Waals surface area contributed by atoms with E-state index < -0.39 is 5.97 Å². The molecule has 28 heavy (non-hydrogen) atoms. The lowest BCUT2D eigenvalue weighted by Crippen LogP contribution is -2.22. The molecule has 1 aromatic heterocycles. The molecule has 0 aliphatic rings. The zero-order valence-electron chi connectivity index (χ0n) is 14.8. The Morgan fingerprint density at radius 2 is 1.54 bits per heavy atom. The smallest absolute Gasteiger partial charge is 0.335 e. The van der Waals surface area contributed by atoms with Crippen molar-refractivity contribution in [1.82, 2.24) is 9.55 Å². The van der Waals surface area contributed by atoms with Crippen LogP contribution < -0.4 is 5.56 Å². The van der Waals surface area contributed by atoms with Crippen LogP contribution in [0.2, 0.25) is 0 Å². The van der Waals surface area contributed by atoms with Gasteiger partial charge in [0.15, 0.2) is 0 Å². The Morgan fingerprint density at radius 1 is 0.857 bits per heavy atom. The molecule has 4 aromatic rings. The minimum absolute atomic E-state index is 0.159. The van der Waals surface area contributed by atoms with Crippen LogP contribution in [0.5, 0.6) is 0 Å². The Hall–Kier alpha value is -3.99. The summed E-state index contributed by atoms with van der Waals surface area (Å²) in [5.74, 6) is -0.546. The molecule has 0 fully saturated rings. The second kappa shape index (κ2) is 7.32. The van der Waals surface area contributed by atoms with Crippen molar-refractivity contribution in [3.8, 4) is 5.69 Å². The molecule has 5 heteroatoms. The summed E-state index contributed by atoms with van der Waals surface area (Å²) in [6.45, 7) is 0. The molecule has 1 heterocycles. The van der Waals surface area contributed by atoms with Gasteiger partial charge in [-0.1, -0.05) is 48.5 Å². The highest BCUT2D eigenvalue weighted by Gasteiger charge is 2.12. The summed E-state index contributed by atoms with van der Waals surface area (Å²) in [5, 5.41) is 9.62. The van der Waals surface area contributed by atoms with E-state index >= 15 is 0 Å². The molecule has 0 saturated heterocycles. The highest BCUT2D eigenvalue weighted by atomic mass is 16.4. The molecule has 136 valence electrons. The predicted molar refractivity (Wildman–Crippen MR) is 110 cm³/mol. The Bertz CT molecular complexity index is 1240. The number of carboxylic acids is 1. The first-order valence-corrected chi connectivity index (χ1v) is 8.72. The van der Waals surface area contributed by atoms with Crippen molar-refractivity contribution in [3.63, 3.8) is 0 Å². The molecule has 0 atom stereocenters. The molecule has 1 N–H and O–H groups in total. The van der Waals surface area contributed by atoms with Crippen molar-refractivity contribution in [3.05, 3.63) is 106 Å². The Morgan fingerprint density at radius 3 is 2.25 bits per heavy atom. The Balaban J connectivity index is 1.92. The predicted octanol–water partition coefficient (Wildman–Crippen LogP) is 4.25. The van der Waals surface area contributed by atoms with Crippen molar-refractivity contribution in [2.75, 3.05) is 0 Å². The van der Waals surface area contributed by atoms with Crippen LogP contribution in [-0.4, -0.2) is 20.6 Å². The zero-order valence-corrected chi connectivity index (χ0v) is 14.8. The van der Waals surface area contributed by atoms with Gasteiger partial charge in [-0.15, -0.1) is 0 Å². The number of carbonyl (C=O) groups is 1. The fraction of sp³-hybridized carbons (Fsp3) is 0. The summed E-state index contributed by atoms with van der Waals surface area (Å²) in [6.07, 6.45) is 3.67. The van der Waals surface area contributed by atoms with Crippen molar-refractivity contribution < 1.29 is 9.90 Å². The topological polar surface area (TPSA) is 72.2 Å². The van der Waals surface area contributed by atoms with E-state index in [0.29, 0.717) is 22.4 Å². The molecule has 3 aromatic carbocycles.